The van der Waals surface area contributed by atoms with Crippen molar-refractivity contribution in [3.05, 3.63) is 35.4 Å². The van der Waals surface area contributed by atoms with Gasteiger partial charge in [-0.05, 0) is 17.0 Å². The predicted molar refractivity (Wildman–Crippen MR) is 61.0 cm³/mol. The van der Waals surface area contributed by atoms with E-state index in [4.69, 9.17) is 18.0 Å². The van der Waals surface area contributed by atoms with Crippen LogP contribution in [-0.4, -0.2) is 4.99 Å². The summed E-state index contributed by atoms with van der Waals surface area (Å²) in [6.45, 7) is 4.36. The maximum atomic E-state index is 5.48. The first-order valence-corrected chi connectivity index (χ1v) is 4.87. The molecule has 0 spiro atoms. The van der Waals surface area contributed by atoms with Crippen LogP contribution in [0.3, 0.4) is 0 Å². The molecular weight excluding hydrogens is 178 g/mol. The molecule has 0 bridgehead atoms. The van der Waals surface area contributed by atoms with E-state index in [9.17, 15) is 0 Å². The molecule has 70 valence electrons. The minimum Gasteiger partial charge on any atom is -0.393 e. The number of rotatable bonds is 3. The first-order chi connectivity index (χ1) is 6.09. The van der Waals surface area contributed by atoms with Crippen molar-refractivity contribution in [2.24, 2.45) is 5.73 Å². The maximum absolute atomic E-state index is 5.48. The van der Waals surface area contributed by atoms with Crippen molar-refractivity contribution in [3.8, 4) is 0 Å². The number of nitrogens with two attached hydrogens (primary N) is 1. The molecule has 2 N–H and O–H groups in total. The van der Waals surface area contributed by atoms with E-state index in [0.717, 1.165) is 0 Å². The van der Waals surface area contributed by atoms with Crippen LogP contribution in [0.2, 0.25) is 0 Å². The molecule has 1 aromatic rings. The summed E-state index contributed by atoms with van der Waals surface area (Å²) in [6.07, 6.45) is 0.704. The van der Waals surface area contributed by atoms with Gasteiger partial charge in [-0.15, -0.1) is 0 Å². The lowest BCUT2D eigenvalue weighted by molar-refractivity contribution is 0.864. The molecule has 2 heteroatoms. The van der Waals surface area contributed by atoms with Gasteiger partial charge in [-0.2, -0.15) is 0 Å². The summed E-state index contributed by atoms with van der Waals surface area (Å²) < 4.78 is 0. The zero-order chi connectivity index (χ0) is 9.84. The van der Waals surface area contributed by atoms with Crippen LogP contribution in [0, 0.1) is 0 Å². The van der Waals surface area contributed by atoms with Gasteiger partial charge >= 0.3 is 0 Å². The summed E-state index contributed by atoms with van der Waals surface area (Å²) in [5, 5.41) is 0. The fourth-order valence-corrected chi connectivity index (χ4v) is 1.43. The summed E-state index contributed by atoms with van der Waals surface area (Å²) in [5.41, 5.74) is 8.03. The van der Waals surface area contributed by atoms with E-state index in [1.807, 2.05) is 0 Å². The highest BCUT2D eigenvalue weighted by molar-refractivity contribution is 7.80. The molecular formula is C11H15NS. The van der Waals surface area contributed by atoms with Crippen LogP contribution in [0.15, 0.2) is 24.3 Å². The molecule has 0 radical (unpaired) electrons. The van der Waals surface area contributed by atoms with Gasteiger partial charge in [0.2, 0.25) is 0 Å². The van der Waals surface area contributed by atoms with Crippen molar-refractivity contribution in [2.45, 2.75) is 26.2 Å². The normalized spacial score (nSPS) is 10.4. The molecule has 1 nitrogen and oxygen atoms in total. The van der Waals surface area contributed by atoms with Crippen molar-refractivity contribution < 1.29 is 0 Å². The molecule has 0 saturated carbocycles. The maximum Gasteiger partial charge on any atom is 0.0771 e. The molecule has 0 aromatic heterocycles. The SMILES string of the molecule is CC(C)c1cccc(CC(N)=S)c1. The molecule has 0 heterocycles. The van der Waals surface area contributed by atoms with Crippen molar-refractivity contribution in [3.63, 3.8) is 0 Å². The number of hydrogen-bond donors (Lipinski definition) is 1. The Labute approximate surface area is 85.0 Å². The van der Waals surface area contributed by atoms with Gasteiger partial charge in [-0.1, -0.05) is 50.3 Å². The lowest BCUT2D eigenvalue weighted by atomic mass is 10.00. The second-order valence-corrected chi connectivity index (χ2v) is 4.07. The smallest absolute Gasteiger partial charge is 0.0771 e. The molecule has 0 aliphatic carbocycles. The third-order valence-corrected chi connectivity index (χ3v) is 2.14. The molecule has 0 fully saturated rings. The van der Waals surface area contributed by atoms with Crippen LogP contribution in [-0.2, 0) is 6.42 Å². The fraction of sp³-hybridized carbons (Fsp3) is 0.364. The average Bonchev–Trinajstić information content (AvgIpc) is 2.03. The Morgan fingerprint density at radius 1 is 1.46 bits per heavy atom. The van der Waals surface area contributed by atoms with E-state index in [1.165, 1.54) is 11.1 Å². The first kappa shape index (κ1) is 10.2. The van der Waals surface area contributed by atoms with E-state index in [2.05, 4.69) is 38.1 Å². The number of hydrogen-bond acceptors (Lipinski definition) is 1. The van der Waals surface area contributed by atoms with Gasteiger partial charge in [0.15, 0.2) is 0 Å². The Morgan fingerprint density at radius 3 is 2.69 bits per heavy atom. The quantitative estimate of drug-likeness (QED) is 0.747. The standard InChI is InChI=1S/C11H15NS/c1-8(2)10-5-3-4-9(6-10)7-11(12)13/h3-6,8H,7H2,1-2H3,(H2,12,13). The van der Waals surface area contributed by atoms with Gasteiger partial charge in [-0.25, -0.2) is 0 Å². The second-order valence-electron chi connectivity index (χ2n) is 3.54. The van der Waals surface area contributed by atoms with Crippen LogP contribution in [0.4, 0.5) is 0 Å². The van der Waals surface area contributed by atoms with Crippen molar-refractivity contribution >= 4 is 17.2 Å². The second kappa shape index (κ2) is 4.38. The van der Waals surface area contributed by atoms with Gasteiger partial charge < -0.3 is 5.73 Å². The molecule has 0 aliphatic heterocycles. The van der Waals surface area contributed by atoms with E-state index in [-0.39, 0.29) is 0 Å². The average molecular weight is 193 g/mol. The highest BCUT2D eigenvalue weighted by atomic mass is 32.1. The molecule has 0 aliphatic rings. The minimum absolute atomic E-state index is 0.556. The van der Waals surface area contributed by atoms with E-state index < -0.39 is 0 Å². The van der Waals surface area contributed by atoms with Crippen LogP contribution in [0.5, 0.6) is 0 Å². The van der Waals surface area contributed by atoms with Crippen molar-refractivity contribution in [2.75, 3.05) is 0 Å². The van der Waals surface area contributed by atoms with E-state index in [1.54, 1.807) is 0 Å². The third kappa shape index (κ3) is 3.15. The molecule has 1 rings (SSSR count). The Hall–Kier alpha value is -0.890. The summed E-state index contributed by atoms with van der Waals surface area (Å²) in [5.74, 6) is 0.561. The Balaban J connectivity index is 2.85. The highest BCUT2D eigenvalue weighted by Crippen LogP contribution is 2.15. The van der Waals surface area contributed by atoms with E-state index >= 15 is 0 Å². The van der Waals surface area contributed by atoms with E-state index in [0.29, 0.717) is 17.3 Å². The lowest BCUT2D eigenvalue weighted by Crippen LogP contribution is -2.11. The molecule has 0 amide bonds. The van der Waals surface area contributed by atoms with Crippen LogP contribution >= 0.6 is 12.2 Å². The first-order valence-electron chi connectivity index (χ1n) is 4.46. The molecule has 0 saturated heterocycles. The van der Waals surface area contributed by atoms with Gasteiger partial charge in [0.25, 0.3) is 0 Å². The zero-order valence-corrected chi connectivity index (χ0v) is 8.90. The topological polar surface area (TPSA) is 26.0 Å². The summed E-state index contributed by atoms with van der Waals surface area (Å²) in [7, 11) is 0. The Morgan fingerprint density at radius 2 is 2.15 bits per heavy atom. The van der Waals surface area contributed by atoms with Gasteiger partial charge in [0, 0.05) is 6.42 Å². The van der Waals surface area contributed by atoms with Crippen molar-refractivity contribution in [1.29, 1.82) is 0 Å². The van der Waals surface area contributed by atoms with Gasteiger partial charge in [0.05, 0.1) is 4.99 Å². The predicted octanol–water partition coefficient (Wildman–Crippen LogP) is 2.64. The highest BCUT2D eigenvalue weighted by Gasteiger charge is 2.00. The Bertz CT molecular complexity index is 305. The fourth-order valence-electron chi connectivity index (χ4n) is 1.26. The summed E-state index contributed by atoms with van der Waals surface area (Å²) in [4.78, 5) is 0.556. The van der Waals surface area contributed by atoms with Gasteiger partial charge in [0.1, 0.15) is 0 Å². The number of thiocarbonyl (C=S) groups is 1. The minimum atomic E-state index is 0.556. The monoisotopic (exact) mass is 193 g/mol. The molecule has 1 aromatic carbocycles. The van der Waals surface area contributed by atoms with Crippen molar-refractivity contribution in [1.82, 2.24) is 0 Å². The molecule has 13 heavy (non-hydrogen) atoms. The third-order valence-electron chi connectivity index (χ3n) is 2.00. The van der Waals surface area contributed by atoms with Gasteiger partial charge in [-0.3, -0.25) is 0 Å². The largest absolute Gasteiger partial charge is 0.393 e. The van der Waals surface area contributed by atoms with Crippen LogP contribution < -0.4 is 5.73 Å². The van der Waals surface area contributed by atoms with Crippen LogP contribution in [0.1, 0.15) is 30.9 Å². The summed E-state index contributed by atoms with van der Waals surface area (Å²) in [6, 6.07) is 8.42. The lowest BCUT2D eigenvalue weighted by Gasteiger charge is -2.07. The number of benzene rings is 1. The molecule has 0 unspecified atom stereocenters. The molecule has 0 atom stereocenters. The zero-order valence-electron chi connectivity index (χ0n) is 8.08. The Kier molecular flexibility index (Phi) is 3.43. The summed E-state index contributed by atoms with van der Waals surface area (Å²) >= 11 is 4.86. The van der Waals surface area contributed by atoms with Crippen LogP contribution in [0.25, 0.3) is 0 Å².